The Hall–Kier alpha value is -1.72. The number of aryl methyl sites for hydroxylation is 2. The molecular weight excluding hydrogens is 492 g/mol. The van der Waals surface area contributed by atoms with Crippen molar-refractivity contribution in [2.45, 2.75) is 63.4 Å². The SMILES string of the molecule is CCN1CCN([C@@H]2CCC[C@H](N(C)C(=O)COCCN(C)S(=O)(=O)c3c(C)cc(OC)cc3C)C2)CC1. The van der Waals surface area contributed by atoms with Crippen molar-refractivity contribution in [1.29, 1.82) is 0 Å². The van der Waals surface area contributed by atoms with E-state index in [0.29, 0.717) is 22.9 Å². The van der Waals surface area contributed by atoms with Gasteiger partial charge in [0.15, 0.2) is 0 Å². The predicted molar refractivity (Wildman–Crippen MR) is 146 cm³/mol. The maximum atomic E-state index is 13.2. The van der Waals surface area contributed by atoms with Gasteiger partial charge in [0.05, 0.1) is 18.6 Å². The molecule has 0 spiro atoms. The average molecular weight is 539 g/mol. The molecule has 0 unspecified atom stereocenters. The quantitative estimate of drug-likeness (QED) is 0.400. The average Bonchev–Trinajstić information content (AvgIpc) is 2.89. The van der Waals surface area contributed by atoms with Gasteiger partial charge in [-0.05, 0) is 69.3 Å². The second-order valence-electron chi connectivity index (χ2n) is 10.4. The molecule has 9 nitrogen and oxygen atoms in total. The second-order valence-corrected chi connectivity index (χ2v) is 12.4. The third-order valence-electron chi connectivity index (χ3n) is 8.04. The number of ether oxygens (including phenoxy) is 2. The number of sulfonamides is 1. The first-order valence-corrected chi connectivity index (χ1v) is 14.9. The summed E-state index contributed by atoms with van der Waals surface area (Å²) in [7, 11) is 1.29. The monoisotopic (exact) mass is 538 g/mol. The summed E-state index contributed by atoms with van der Waals surface area (Å²) in [5.74, 6) is 0.583. The number of rotatable bonds is 11. The number of likely N-dealkylation sites (N-methyl/N-ethyl adjacent to an activating group) is 3. The number of carbonyl (C=O) groups excluding carboxylic acids is 1. The molecular formula is C27H46N4O5S. The fourth-order valence-corrected chi connectivity index (χ4v) is 7.19. The fourth-order valence-electron chi connectivity index (χ4n) is 5.64. The lowest BCUT2D eigenvalue weighted by Crippen LogP contribution is -2.53. The molecule has 0 aromatic heterocycles. The maximum absolute atomic E-state index is 13.2. The topological polar surface area (TPSA) is 82.6 Å². The van der Waals surface area contributed by atoms with Gasteiger partial charge >= 0.3 is 0 Å². The Morgan fingerprint density at radius 2 is 1.73 bits per heavy atom. The number of piperazine rings is 1. The van der Waals surface area contributed by atoms with E-state index >= 15 is 0 Å². The number of nitrogens with zero attached hydrogens (tertiary/aromatic N) is 4. The van der Waals surface area contributed by atoms with Crippen LogP contribution in [0.4, 0.5) is 0 Å². The van der Waals surface area contributed by atoms with E-state index < -0.39 is 10.0 Å². The molecule has 0 N–H and O–H groups in total. The molecule has 1 saturated carbocycles. The van der Waals surface area contributed by atoms with Crippen molar-refractivity contribution in [1.82, 2.24) is 19.0 Å². The summed E-state index contributed by atoms with van der Waals surface area (Å²) >= 11 is 0. The minimum absolute atomic E-state index is 0.0404. The lowest BCUT2D eigenvalue weighted by Gasteiger charge is -2.43. The molecule has 1 amide bonds. The Kier molecular flexibility index (Phi) is 10.8. The zero-order chi connectivity index (χ0) is 27.2. The first-order valence-electron chi connectivity index (χ1n) is 13.5. The summed E-state index contributed by atoms with van der Waals surface area (Å²) in [6, 6.07) is 4.21. The second kappa shape index (κ2) is 13.4. The van der Waals surface area contributed by atoms with Crippen LogP contribution in [0, 0.1) is 13.8 Å². The van der Waals surface area contributed by atoms with Crippen molar-refractivity contribution in [2.75, 3.05) is 73.7 Å². The molecule has 210 valence electrons. The van der Waals surface area contributed by atoms with Crippen molar-refractivity contribution < 1.29 is 22.7 Å². The lowest BCUT2D eigenvalue weighted by molar-refractivity contribution is -0.138. The molecule has 1 aliphatic heterocycles. The third kappa shape index (κ3) is 7.44. The smallest absolute Gasteiger partial charge is 0.248 e. The summed E-state index contributed by atoms with van der Waals surface area (Å²) in [5, 5.41) is 0. The Morgan fingerprint density at radius 3 is 2.32 bits per heavy atom. The summed E-state index contributed by atoms with van der Waals surface area (Å²) in [6.45, 7) is 11.6. The molecule has 10 heteroatoms. The van der Waals surface area contributed by atoms with E-state index in [0.717, 1.165) is 52.0 Å². The number of carbonyl (C=O) groups is 1. The van der Waals surface area contributed by atoms with E-state index in [9.17, 15) is 13.2 Å². The molecule has 37 heavy (non-hydrogen) atoms. The normalized spacial score (nSPS) is 21.8. The summed E-state index contributed by atoms with van der Waals surface area (Å²) in [5.41, 5.74) is 1.28. The van der Waals surface area contributed by atoms with E-state index in [1.165, 1.54) is 17.8 Å². The fraction of sp³-hybridized carbons (Fsp3) is 0.741. The minimum atomic E-state index is -3.69. The van der Waals surface area contributed by atoms with Gasteiger partial charge in [-0.1, -0.05) is 6.92 Å². The summed E-state index contributed by atoms with van der Waals surface area (Å²) in [6.07, 6.45) is 4.37. The molecule has 1 heterocycles. The van der Waals surface area contributed by atoms with Crippen molar-refractivity contribution in [3.63, 3.8) is 0 Å². The van der Waals surface area contributed by atoms with E-state index in [1.54, 1.807) is 33.1 Å². The van der Waals surface area contributed by atoms with Crippen molar-refractivity contribution in [3.8, 4) is 5.75 Å². The molecule has 1 aliphatic carbocycles. The van der Waals surface area contributed by atoms with E-state index in [-0.39, 0.29) is 36.6 Å². The van der Waals surface area contributed by atoms with Crippen LogP contribution in [0.25, 0.3) is 0 Å². The summed E-state index contributed by atoms with van der Waals surface area (Å²) < 4.78 is 38.5. The highest BCUT2D eigenvalue weighted by molar-refractivity contribution is 7.89. The van der Waals surface area contributed by atoms with Crippen LogP contribution in [-0.4, -0.2) is 119 Å². The third-order valence-corrected chi connectivity index (χ3v) is 10.2. The van der Waals surface area contributed by atoms with Crippen LogP contribution in [0.3, 0.4) is 0 Å². The molecule has 0 radical (unpaired) electrons. The highest BCUT2D eigenvalue weighted by atomic mass is 32.2. The van der Waals surface area contributed by atoms with Crippen LogP contribution in [0.2, 0.25) is 0 Å². The first kappa shape index (κ1) is 29.8. The highest BCUT2D eigenvalue weighted by Crippen LogP contribution is 2.28. The number of benzene rings is 1. The molecule has 2 fully saturated rings. The van der Waals surface area contributed by atoms with Gasteiger partial charge in [0, 0.05) is 58.9 Å². The molecule has 0 bridgehead atoms. The Labute approximate surface area is 223 Å². The molecule has 1 aromatic rings. The minimum Gasteiger partial charge on any atom is -0.497 e. The van der Waals surface area contributed by atoms with Crippen molar-refractivity contribution in [2.24, 2.45) is 0 Å². The Balaban J connectivity index is 1.46. The van der Waals surface area contributed by atoms with Gasteiger partial charge in [-0.25, -0.2) is 8.42 Å². The van der Waals surface area contributed by atoms with E-state index in [4.69, 9.17) is 9.47 Å². The number of amides is 1. The van der Waals surface area contributed by atoms with Gasteiger partial charge in [0.1, 0.15) is 12.4 Å². The Bertz CT molecular complexity index is 987. The first-order chi connectivity index (χ1) is 17.6. The number of methoxy groups -OCH3 is 1. The van der Waals surface area contributed by atoms with Crippen LogP contribution in [0.15, 0.2) is 17.0 Å². The molecule has 2 atom stereocenters. The van der Waals surface area contributed by atoms with Gasteiger partial charge in [-0.3, -0.25) is 9.69 Å². The number of hydrogen-bond acceptors (Lipinski definition) is 7. The molecule has 3 rings (SSSR count). The zero-order valence-corrected chi connectivity index (χ0v) is 24.3. The van der Waals surface area contributed by atoms with E-state index in [1.807, 2.05) is 11.9 Å². The summed E-state index contributed by atoms with van der Waals surface area (Å²) in [4.78, 5) is 20.1. The predicted octanol–water partition coefficient (Wildman–Crippen LogP) is 2.36. The van der Waals surface area contributed by atoms with E-state index in [2.05, 4.69) is 16.7 Å². The maximum Gasteiger partial charge on any atom is 0.248 e. The molecule has 1 aromatic carbocycles. The van der Waals surface area contributed by atoms with Gasteiger partial charge < -0.3 is 19.3 Å². The van der Waals surface area contributed by atoms with Crippen LogP contribution >= 0.6 is 0 Å². The largest absolute Gasteiger partial charge is 0.497 e. The molecule has 1 saturated heterocycles. The Morgan fingerprint density at radius 1 is 1.08 bits per heavy atom. The zero-order valence-electron chi connectivity index (χ0n) is 23.5. The van der Waals surface area contributed by atoms with Crippen molar-refractivity contribution in [3.05, 3.63) is 23.3 Å². The standard InChI is InChI=1S/C27H46N4O5S/c1-7-30-11-13-31(14-12-30)24-10-8-9-23(19-24)29(5)26(32)20-36-16-15-28(4)37(33,34)27-21(2)17-25(35-6)18-22(27)3/h17-18,23-24H,7-16,19-20H2,1-6H3/t23-,24+/m0/s1. The van der Waals surface area contributed by atoms with Crippen LogP contribution in [0.1, 0.15) is 43.7 Å². The van der Waals surface area contributed by atoms with Crippen LogP contribution in [0.5, 0.6) is 5.75 Å². The van der Waals surface area contributed by atoms with Gasteiger partial charge in [0.2, 0.25) is 15.9 Å². The van der Waals surface area contributed by atoms with Crippen LogP contribution < -0.4 is 4.74 Å². The number of hydrogen-bond donors (Lipinski definition) is 0. The lowest BCUT2D eigenvalue weighted by atomic mass is 9.88. The highest BCUT2D eigenvalue weighted by Gasteiger charge is 2.32. The van der Waals surface area contributed by atoms with Gasteiger partial charge in [-0.15, -0.1) is 0 Å². The van der Waals surface area contributed by atoms with Crippen LogP contribution in [-0.2, 0) is 19.6 Å². The van der Waals surface area contributed by atoms with Crippen molar-refractivity contribution >= 4 is 15.9 Å². The molecule has 2 aliphatic rings. The van der Waals surface area contributed by atoms with Gasteiger partial charge in [-0.2, -0.15) is 4.31 Å². The van der Waals surface area contributed by atoms with Gasteiger partial charge in [0.25, 0.3) is 0 Å².